The van der Waals surface area contributed by atoms with E-state index in [1.807, 2.05) is 61.9 Å². The Balaban J connectivity index is 2.24. The molecule has 0 aliphatic rings. The zero-order valence-corrected chi connectivity index (χ0v) is 14.1. The molecule has 2 aromatic rings. The molecule has 0 amide bonds. The average molecular weight is 314 g/mol. The summed E-state index contributed by atoms with van der Waals surface area (Å²) in [5.41, 5.74) is 0. The minimum Gasteiger partial charge on any atom is -0.346 e. The van der Waals surface area contributed by atoms with Crippen LogP contribution in [0.25, 0.3) is 0 Å². The number of nitrogens with zero attached hydrogens (tertiary/aromatic N) is 4. The van der Waals surface area contributed by atoms with Gasteiger partial charge in [-0.2, -0.15) is 18.3 Å². The van der Waals surface area contributed by atoms with Crippen LogP contribution in [-0.2, 0) is 31.7 Å². The van der Waals surface area contributed by atoms with Crippen molar-refractivity contribution in [2.45, 2.75) is 26.9 Å². The lowest BCUT2D eigenvalue weighted by atomic mass is 10.7. The molecule has 0 aromatic carbocycles. The molecule has 0 spiro atoms. The van der Waals surface area contributed by atoms with E-state index in [-0.39, 0.29) is 0 Å². The van der Waals surface area contributed by atoms with E-state index in [9.17, 15) is 4.57 Å². The molecule has 8 heteroatoms. The predicted octanol–water partition coefficient (Wildman–Crippen LogP) is 1.26. The summed E-state index contributed by atoms with van der Waals surface area (Å²) in [5.74, 6) is 0. The Morgan fingerprint density at radius 2 is 1.38 bits per heavy atom. The van der Waals surface area contributed by atoms with Gasteiger partial charge >= 0.3 is 19.6 Å². The van der Waals surface area contributed by atoms with Crippen LogP contribution in [0.4, 0.5) is 0 Å². The van der Waals surface area contributed by atoms with Crippen LogP contribution in [0.2, 0.25) is 0 Å². The first kappa shape index (κ1) is 15.6. The summed E-state index contributed by atoms with van der Waals surface area (Å²) in [4.78, 5) is 0. The van der Waals surface area contributed by atoms with E-state index in [1.54, 1.807) is 9.13 Å². The molecule has 0 fully saturated rings. The van der Waals surface area contributed by atoms with Gasteiger partial charge in [-0.15, -0.1) is 0 Å². The summed E-state index contributed by atoms with van der Waals surface area (Å²) in [7, 11) is 0.400. The minimum atomic E-state index is -3.29. The molecule has 2 rings (SSSR count). The molecule has 0 aliphatic heterocycles. The summed E-state index contributed by atoms with van der Waals surface area (Å²) < 4.78 is 31.3. The summed E-state index contributed by atoms with van der Waals surface area (Å²) in [6.07, 6.45) is 7.47. The Hall–Kier alpha value is -1.75. The van der Waals surface area contributed by atoms with E-state index in [0.717, 1.165) is 13.1 Å². The third kappa shape index (κ3) is 3.29. The van der Waals surface area contributed by atoms with Crippen LogP contribution in [0.3, 0.4) is 0 Å². The second-order valence-electron chi connectivity index (χ2n) is 4.91. The standard InChI is InChI=1S/C13H23N4O3P/c1-6-16-10-8-14(3)12(16)19-21(5,18)20-13-15(4)9-11-17(13)7-2/h8-11H,6-7H2,1-5H3/q+2. The molecule has 0 radical (unpaired) electrons. The van der Waals surface area contributed by atoms with Gasteiger partial charge in [-0.3, -0.25) is 0 Å². The maximum Gasteiger partial charge on any atom is 0.463 e. The van der Waals surface area contributed by atoms with Gasteiger partial charge in [-0.25, -0.2) is 4.57 Å². The van der Waals surface area contributed by atoms with E-state index in [4.69, 9.17) is 9.05 Å². The second kappa shape index (κ2) is 5.93. The summed E-state index contributed by atoms with van der Waals surface area (Å²) in [6, 6.07) is 1.03. The molecule has 21 heavy (non-hydrogen) atoms. The van der Waals surface area contributed by atoms with Crippen molar-refractivity contribution in [3.8, 4) is 12.0 Å². The third-order valence-corrected chi connectivity index (χ3v) is 4.20. The molecule has 0 aliphatic carbocycles. The minimum absolute atomic E-state index is 0.514. The fourth-order valence-corrected chi connectivity index (χ4v) is 3.15. The zero-order chi connectivity index (χ0) is 15.6. The Kier molecular flexibility index (Phi) is 4.42. The normalized spacial score (nSPS) is 11.7. The first-order valence-electron chi connectivity index (χ1n) is 6.94. The van der Waals surface area contributed by atoms with Gasteiger partial charge < -0.3 is 9.05 Å². The fourth-order valence-electron chi connectivity index (χ4n) is 2.05. The monoisotopic (exact) mass is 314 g/mol. The van der Waals surface area contributed by atoms with Gasteiger partial charge in [0.2, 0.25) is 0 Å². The van der Waals surface area contributed by atoms with E-state index in [2.05, 4.69) is 0 Å². The molecule has 0 unspecified atom stereocenters. The molecule has 0 saturated heterocycles. The zero-order valence-electron chi connectivity index (χ0n) is 13.2. The largest absolute Gasteiger partial charge is 0.463 e. The van der Waals surface area contributed by atoms with Crippen LogP contribution in [0, 0.1) is 0 Å². The van der Waals surface area contributed by atoms with Gasteiger partial charge in [0, 0.05) is 0 Å². The first-order valence-corrected chi connectivity index (χ1v) is 8.93. The Morgan fingerprint density at radius 1 is 1.00 bits per heavy atom. The van der Waals surface area contributed by atoms with Crippen molar-refractivity contribution in [3.05, 3.63) is 24.8 Å². The maximum atomic E-state index is 12.7. The van der Waals surface area contributed by atoms with Crippen LogP contribution >= 0.6 is 7.60 Å². The van der Waals surface area contributed by atoms with E-state index in [1.165, 1.54) is 6.66 Å². The Labute approximate surface area is 124 Å². The fraction of sp³-hybridized carbons (Fsp3) is 0.538. The number of rotatable bonds is 6. The first-order chi connectivity index (χ1) is 9.88. The Morgan fingerprint density at radius 3 is 1.71 bits per heavy atom. The maximum absolute atomic E-state index is 12.7. The van der Waals surface area contributed by atoms with Crippen molar-refractivity contribution in [2.24, 2.45) is 14.1 Å². The number of hydrogen-bond acceptors (Lipinski definition) is 3. The molecule has 0 atom stereocenters. The molecule has 2 heterocycles. The molecule has 2 aromatic heterocycles. The highest BCUT2D eigenvalue weighted by Crippen LogP contribution is 2.43. The molecule has 116 valence electrons. The number of aromatic nitrogens is 4. The van der Waals surface area contributed by atoms with Crippen molar-refractivity contribution in [3.63, 3.8) is 0 Å². The lowest BCUT2D eigenvalue weighted by Gasteiger charge is -2.12. The van der Waals surface area contributed by atoms with Crippen molar-refractivity contribution < 1.29 is 22.7 Å². The molecule has 0 saturated carbocycles. The molecular weight excluding hydrogens is 291 g/mol. The van der Waals surface area contributed by atoms with Crippen LogP contribution in [0.1, 0.15) is 13.8 Å². The highest BCUT2D eigenvalue weighted by Gasteiger charge is 2.32. The molecular formula is C13H23N4O3P+2. The summed E-state index contributed by atoms with van der Waals surface area (Å²) >= 11 is 0. The third-order valence-electron chi connectivity index (χ3n) is 3.21. The van der Waals surface area contributed by atoms with E-state index >= 15 is 0 Å². The van der Waals surface area contributed by atoms with Gasteiger partial charge in [0.15, 0.2) is 0 Å². The quantitative estimate of drug-likeness (QED) is 0.596. The number of aryl methyl sites for hydroxylation is 4. The van der Waals surface area contributed by atoms with E-state index in [0.29, 0.717) is 12.0 Å². The average Bonchev–Trinajstić information content (AvgIpc) is 2.94. The van der Waals surface area contributed by atoms with Crippen LogP contribution in [-0.4, -0.2) is 15.8 Å². The van der Waals surface area contributed by atoms with Crippen LogP contribution in [0.15, 0.2) is 24.8 Å². The lowest BCUT2D eigenvalue weighted by Crippen LogP contribution is -2.31. The smallest absolute Gasteiger partial charge is 0.346 e. The van der Waals surface area contributed by atoms with Gasteiger partial charge in [0.05, 0.1) is 33.8 Å². The molecule has 0 bridgehead atoms. The van der Waals surface area contributed by atoms with Gasteiger partial charge in [0.1, 0.15) is 24.8 Å². The topological polar surface area (TPSA) is 53.2 Å². The van der Waals surface area contributed by atoms with E-state index < -0.39 is 7.60 Å². The number of hydrogen-bond donors (Lipinski definition) is 0. The molecule has 0 N–H and O–H groups in total. The lowest BCUT2D eigenvalue weighted by molar-refractivity contribution is -0.676. The van der Waals surface area contributed by atoms with Gasteiger partial charge in [0.25, 0.3) is 0 Å². The number of imidazole rings is 2. The Bertz CT molecular complexity index is 623. The molecule has 7 nitrogen and oxygen atoms in total. The van der Waals surface area contributed by atoms with Gasteiger partial charge in [-0.1, -0.05) is 0 Å². The van der Waals surface area contributed by atoms with Crippen molar-refractivity contribution in [1.29, 1.82) is 0 Å². The second-order valence-corrected chi connectivity index (χ2v) is 6.82. The van der Waals surface area contributed by atoms with Crippen molar-refractivity contribution >= 4 is 7.60 Å². The van der Waals surface area contributed by atoms with Crippen LogP contribution < -0.4 is 18.2 Å². The predicted molar refractivity (Wildman–Crippen MR) is 77.4 cm³/mol. The SMILES string of the molecule is CCn1cc[n+](C)c1OP(C)(=O)Oc1n(CC)cc[n+]1C. The summed E-state index contributed by atoms with van der Waals surface area (Å²) in [5, 5.41) is 0. The van der Waals surface area contributed by atoms with Crippen LogP contribution in [0.5, 0.6) is 12.0 Å². The van der Waals surface area contributed by atoms with Crippen molar-refractivity contribution in [1.82, 2.24) is 9.13 Å². The highest BCUT2D eigenvalue weighted by molar-refractivity contribution is 7.53. The highest BCUT2D eigenvalue weighted by atomic mass is 31.2. The summed E-state index contributed by atoms with van der Waals surface area (Å²) in [6.45, 7) is 6.94. The van der Waals surface area contributed by atoms with Crippen molar-refractivity contribution in [2.75, 3.05) is 6.66 Å². The van der Waals surface area contributed by atoms with Gasteiger partial charge in [-0.05, 0) is 13.8 Å².